The van der Waals surface area contributed by atoms with E-state index in [0.717, 1.165) is 40.6 Å². The highest BCUT2D eigenvalue weighted by Gasteiger charge is 2.28. The van der Waals surface area contributed by atoms with Crippen LogP contribution in [0.25, 0.3) is 10.9 Å². The predicted octanol–water partition coefficient (Wildman–Crippen LogP) is 4.03. The van der Waals surface area contributed by atoms with Crippen molar-refractivity contribution in [2.45, 2.75) is 29.8 Å². The Kier molecular flexibility index (Phi) is 4.02. The Bertz CT molecular complexity index is 947. The van der Waals surface area contributed by atoms with Gasteiger partial charge in [-0.25, -0.2) is 4.98 Å². The molecule has 4 nitrogen and oxygen atoms in total. The summed E-state index contributed by atoms with van der Waals surface area (Å²) in [5, 5.41) is 1.51. The standard InChI is InChI=1S/C19H18N2O2S/c1-23-15-6-4-5-13(11-15)12-24-19-20-17-8-3-2-7-16(17)18(22)21(19)14-9-10-14/h2-8,11,14H,9-10,12H2,1H3. The lowest BCUT2D eigenvalue weighted by Crippen LogP contribution is -2.22. The largest absolute Gasteiger partial charge is 0.497 e. The Hall–Kier alpha value is -2.27. The van der Waals surface area contributed by atoms with Crippen LogP contribution < -0.4 is 10.3 Å². The monoisotopic (exact) mass is 338 g/mol. The van der Waals surface area contributed by atoms with Crippen LogP contribution in [0.15, 0.2) is 58.5 Å². The molecular weight excluding hydrogens is 320 g/mol. The first-order chi connectivity index (χ1) is 11.8. The maximum Gasteiger partial charge on any atom is 0.262 e. The number of ether oxygens (including phenoxy) is 1. The van der Waals surface area contributed by atoms with Crippen molar-refractivity contribution in [3.63, 3.8) is 0 Å². The molecule has 0 unspecified atom stereocenters. The molecule has 1 heterocycles. The molecule has 122 valence electrons. The lowest BCUT2D eigenvalue weighted by Gasteiger charge is -2.12. The highest BCUT2D eigenvalue weighted by Crippen LogP contribution is 2.37. The molecule has 1 aliphatic carbocycles. The van der Waals surface area contributed by atoms with Crippen LogP contribution in [0, 0.1) is 0 Å². The van der Waals surface area contributed by atoms with Crippen molar-refractivity contribution in [3.05, 3.63) is 64.4 Å². The van der Waals surface area contributed by atoms with Crippen LogP contribution in [-0.2, 0) is 5.75 Å². The van der Waals surface area contributed by atoms with Crippen LogP contribution in [0.3, 0.4) is 0 Å². The molecule has 0 atom stereocenters. The quantitative estimate of drug-likeness (QED) is 0.520. The van der Waals surface area contributed by atoms with E-state index in [9.17, 15) is 4.79 Å². The van der Waals surface area contributed by atoms with Crippen molar-refractivity contribution >= 4 is 22.7 Å². The first kappa shape index (κ1) is 15.3. The molecule has 0 bridgehead atoms. The summed E-state index contributed by atoms with van der Waals surface area (Å²) in [4.78, 5) is 17.6. The summed E-state index contributed by atoms with van der Waals surface area (Å²) in [5.41, 5.74) is 2.01. The van der Waals surface area contributed by atoms with Crippen LogP contribution in [0.1, 0.15) is 24.4 Å². The molecule has 0 saturated heterocycles. The molecule has 0 aliphatic heterocycles. The van der Waals surface area contributed by atoms with E-state index in [1.165, 1.54) is 0 Å². The van der Waals surface area contributed by atoms with Crippen LogP contribution in [-0.4, -0.2) is 16.7 Å². The van der Waals surface area contributed by atoms with Crippen LogP contribution in [0.2, 0.25) is 0 Å². The minimum Gasteiger partial charge on any atom is -0.497 e. The molecule has 24 heavy (non-hydrogen) atoms. The second kappa shape index (κ2) is 6.32. The van der Waals surface area contributed by atoms with Gasteiger partial charge in [-0.05, 0) is 42.7 Å². The van der Waals surface area contributed by atoms with E-state index in [1.54, 1.807) is 18.9 Å². The van der Waals surface area contributed by atoms with Crippen LogP contribution in [0.4, 0.5) is 0 Å². The number of para-hydroxylation sites is 1. The molecule has 1 saturated carbocycles. The second-order valence-corrected chi connectivity index (χ2v) is 6.90. The summed E-state index contributed by atoms with van der Waals surface area (Å²) in [5.74, 6) is 1.61. The zero-order valence-electron chi connectivity index (χ0n) is 13.4. The third-order valence-corrected chi connectivity index (χ3v) is 5.21. The molecule has 4 rings (SSSR count). The highest BCUT2D eigenvalue weighted by atomic mass is 32.2. The minimum absolute atomic E-state index is 0.0799. The molecule has 1 aromatic heterocycles. The van der Waals surface area contributed by atoms with Crippen LogP contribution in [0.5, 0.6) is 5.75 Å². The molecule has 2 aromatic carbocycles. The fraction of sp³-hybridized carbons (Fsp3) is 0.263. The summed E-state index contributed by atoms with van der Waals surface area (Å²) < 4.78 is 7.16. The van der Waals surface area contributed by atoms with Crippen molar-refractivity contribution in [1.82, 2.24) is 9.55 Å². The van der Waals surface area contributed by atoms with Gasteiger partial charge in [-0.15, -0.1) is 0 Å². The van der Waals surface area contributed by atoms with Crippen molar-refractivity contribution in [2.75, 3.05) is 7.11 Å². The molecule has 0 radical (unpaired) electrons. The Balaban J connectivity index is 1.70. The van der Waals surface area contributed by atoms with Gasteiger partial charge in [-0.1, -0.05) is 36.0 Å². The maximum atomic E-state index is 12.8. The van der Waals surface area contributed by atoms with E-state index in [2.05, 4.69) is 6.07 Å². The van der Waals surface area contributed by atoms with Gasteiger partial charge in [0, 0.05) is 11.8 Å². The maximum absolute atomic E-state index is 12.8. The normalized spacial score (nSPS) is 14.0. The van der Waals surface area contributed by atoms with Gasteiger partial charge < -0.3 is 4.74 Å². The van der Waals surface area contributed by atoms with E-state index in [-0.39, 0.29) is 5.56 Å². The third kappa shape index (κ3) is 2.91. The zero-order valence-corrected chi connectivity index (χ0v) is 14.3. The highest BCUT2D eigenvalue weighted by molar-refractivity contribution is 7.98. The van der Waals surface area contributed by atoms with Crippen molar-refractivity contribution in [2.24, 2.45) is 0 Å². The Morgan fingerprint density at radius 2 is 2.04 bits per heavy atom. The van der Waals surface area contributed by atoms with Crippen molar-refractivity contribution in [3.8, 4) is 5.75 Å². The summed E-state index contributed by atoms with van der Waals surface area (Å²) >= 11 is 1.61. The smallest absolute Gasteiger partial charge is 0.262 e. The topological polar surface area (TPSA) is 44.1 Å². The molecule has 0 spiro atoms. The lowest BCUT2D eigenvalue weighted by atomic mass is 10.2. The van der Waals surface area contributed by atoms with Gasteiger partial charge in [0.1, 0.15) is 5.75 Å². The average Bonchev–Trinajstić information content (AvgIpc) is 3.45. The van der Waals surface area contributed by atoms with E-state index in [0.29, 0.717) is 11.4 Å². The molecule has 5 heteroatoms. The summed E-state index contributed by atoms with van der Waals surface area (Å²) in [6.07, 6.45) is 2.12. The number of methoxy groups -OCH3 is 1. The van der Waals surface area contributed by atoms with E-state index >= 15 is 0 Å². The van der Waals surface area contributed by atoms with Gasteiger partial charge >= 0.3 is 0 Å². The van der Waals surface area contributed by atoms with Gasteiger partial charge in [-0.3, -0.25) is 9.36 Å². The van der Waals surface area contributed by atoms with Gasteiger partial charge in [0.05, 0.1) is 18.0 Å². The number of thioether (sulfide) groups is 1. The SMILES string of the molecule is COc1cccc(CSc2nc3ccccc3c(=O)n2C2CC2)c1. The second-order valence-electron chi connectivity index (χ2n) is 5.96. The fourth-order valence-corrected chi connectivity index (χ4v) is 3.80. The van der Waals surface area contributed by atoms with Gasteiger partial charge in [-0.2, -0.15) is 0 Å². The minimum atomic E-state index is 0.0799. The molecule has 3 aromatic rings. The van der Waals surface area contributed by atoms with E-state index in [4.69, 9.17) is 9.72 Å². The molecular formula is C19H18N2O2S. The molecule has 1 fully saturated rings. The lowest BCUT2D eigenvalue weighted by molar-refractivity contribution is 0.414. The average molecular weight is 338 g/mol. The number of nitrogens with zero attached hydrogens (tertiary/aromatic N) is 2. The Morgan fingerprint density at radius 3 is 2.83 bits per heavy atom. The number of benzene rings is 2. The van der Waals surface area contributed by atoms with Gasteiger partial charge in [0.2, 0.25) is 0 Å². The zero-order chi connectivity index (χ0) is 16.5. The summed E-state index contributed by atoms with van der Waals surface area (Å²) in [6.45, 7) is 0. The third-order valence-electron chi connectivity index (χ3n) is 4.19. The molecule has 1 aliphatic rings. The first-order valence-electron chi connectivity index (χ1n) is 8.03. The predicted molar refractivity (Wildman–Crippen MR) is 96.8 cm³/mol. The number of rotatable bonds is 5. The number of fused-ring (bicyclic) bond motifs is 1. The van der Waals surface area contributed by atoms with E-state index in [1.807, 2.05) is 47.0 Å². The van der Waals surface area contributed by atoms with Gasteiger partial charge in [0.15, 0.2) is 5.16 Å². The number of hydrogen-bond donors (Lipinski definition) is 0. The van der Waals surface area contributed by atoms with Gasteiger partial charge in [0.25, 0.3) is 5.56 Å². The van der Waals surface area contributed by atoms with Crippen molar-refractivity contribution < 1.29 is 4.74 Å². The number of hydrogen-bond acceptors (Lipinski definition) is 4. The fourth-order valence-electron chi connectivity index (χ4n) is 2.79. The number of aromatic nitrogens is 2. The summed E-state index contributed by atoms with van der Waals surface area (Å²) in [7, 11) is 1.67. The van der Waals surface area contributed by atoms with Crippen molar-refractivity contribution in [1.29, 1.82) is 0 Å². The van der Waals surface area contributed by atoms with E-state index < -0.39 is 0 Å². The molecule has 0 N–H and O–H groups in total. The van der Waals surface area contributed by atoms with Crippen LogP contribution >= 0.6 is 11.8 Å². The molecule has 0 amide bonds. The summed E-state index contributed by atoms with van der Waals surface area (Å²) in [6, 6.07) is 15.9. The Labute approximate surface area is 144 Å². The Morgan fingerprint density at radius 1 is 1.21 bits per heavy atom. The first-order valence-corrected chi connectivity index (χ1v) is 9.02.